The van der Waals surface area contributed by atoms with Crippen LogP contribution in [0.3, 0.4) is 0 Å². The number of ether oxygens (including phenoxy) is 3. The van der Waals surface area contributed by atoms with Gasteiger partial charge >= 0.3 is 6.18 Å². The fourth-order valence-corrected chi connectivity index (χ4v) is 2.85. The Hall–Kier alpha value is -3.38. The van der Waals surface area contributed by atoms with Gasteiger partial charge in [-0.2, -0.15) is 13.2 Å². The molecule has 0 fully saturated rings. The standard InChI is InChI=1S/C21H24F3N5O4/c1-20(2,30)17-8-14(10-33-11-21(22,23)24)27-19(28-17)26-13-5-6-15(16(7-13)31-3)29-9-18(32-4)25-12-29/h5-9,12,30H,10-11H2,1-4H3,(H,26,27,28). The maximum Gasteiger partial charge on any atom is 0.411 e. The quantitative estimate of drug-likeness (QED) is 0.491. The van der Waals surface area contributed by atoms with Gasteiger partial charge in [-0.15, -0.1) is 0 Å². The number of hydrogen-bond donors (Lipinski definition) is 2. The van der Waals surface area contributed by atoms with Gasteiger partial charge in [-0.25, -0.2) is 15.0 Å². The van der Waals surface area contributed by atoms with E-state index in [0.717, 1.165) is 0 Å². The third-order valence-corrected chi connectivity index (χ3v) is 4.40. The van der Waals surface area contributed by atoms with Gasteiger partial charge in [0.15, 0.2) is 0 Å². The minimum Gasteiger partial charge on any atom is -0.494 e. The van der Waals surface area contributed by atoms with Gasteiger partial charge in [-0.3, -0.25) is 4.57 Å². The summed E-state index contributed by atoms with van der Waals surface area (Å²) in [6.45, 7) is 1.22. The van der Waals surface area contributed by atoms with Crippen LogP contribution in [0.1, 0.15) is 25.2 Å². The molecule has 9 nitrogen and oxygen atoms in total. The minimum atomic E-state index is -4.45. The third-order valence-electron chi connectivity index (χ3n) is 4.40. The number of aliphatic hydroxyl groups is 1. The van der Waals surface area contributed by atoms with E-state index in [1.165, 1.54) is 34.1 Å². The van der Waals surface area contributed by atoms with E-state index in [4.69, 9.17) is 14.2 Å². The molecule has 0 bridgehead atoms. The SMILES string of the molecule is COc1cn(-c2ccc(Nc3nc(COCC(F)(F)F)cc(C(C)(C)O)n3)cc2OC)cn1. The summed E-state index contributed by atoms with van der Waals surface area (Å²) in [6.07, 6.45) is -1.19. The van der Waals surface area contributed by atoms with Crippen LogP contribution in [0, 0.1) is 0 Å². The molecular weight excluding hydrogens is 443 g/mol. The smallest absolute Gasteiger partial charge is 0.411 e. The second-order valence-electron chi connectivity index (χ2n) is 7.57. The van der Waals surface area contributed by atoms with E-state index >= 15 is 0 Å². The maximum absolute atomic E-state index is 12.4. The van der Waals surface area contributed by atoms with E-state index in [1.54, 1.807) is 35.3 Å². The Bertz CT molecular complexity index is 1100. The van der Waals surface area contributed by atoms with Crippen LogP contribution in [-0.4, -0.2) is 51.6 Å². The van der Waals surface area contributed by atoms with Gasteiger partial charge in [0, 0.05) is 11.8 Å². The zero-order chi connectivity index (χ0) is 24.2. The number of methoxy groups -OCH3 is 2. The first-order valence-electron chi connectivity index (χ1n) is 9.77. The lowest BCUT2D eigenvalue weighted by atomic mass is 10.0. The molecule has 3 rings (SSSR count). The molecule has 1 aromatic carbocycles. The number of anilines is 2. The molecule has 178 valence electrons. The molecule has 0 saturated carbocycles. The fraction of sp³-hybridized carbons (Fsp3) is 0.381. The van der Waals surface area contributed by atoms with Crippen molar-refractivity contribution < 1.29 is 32.5 Å². The van der Waals surface area contributed by atoms with Crippen LogP contribution in [0.5, 0.6) is 11.6 Å². The summed E-state index contributed by atoms with van der Waals surface area (Å²) >= 11 is 0. The number of imidazole rings is 1. The van der Waals surface area contributed by atoms with Crippen LogP contribution in [0.15, 0.2) is 36.8 Å². The van der Waals surface area contributed by atoms with Crippen molar-refractivity contribution in [3.8, 4) is 17.3 Å². The number of nitrogens with zero attached hydrogens (tertiary/aromatic N) is 4. The van der Waals surface area contributed by atoms with Crippen molar-refractivity contribution in [2.24, 2.45) is 0 Å². The molecule has 0 aliphatic heterocycles. The molecule has 0 atom stereocenters. The summed E-state index contributed by atoms with van der Waals surface area (Å²) in [5, 5.41) is 13.3. The molecule has 3 aromatic rings. The highest BCUT2D eigenvalue weighted by atomic mass is 19.4. The highest BCUT2D eigenvalue weighted by Crippen LogP contribution is 2.29. The number of halogens is 3. The highest BCUT2D eigenvalue weighted by molar-refractivity contribution is 5.62. The normalized spacial score (nSPS) is 12.0. The Balaban J connectivity index is 1.87. The van der Waals surface area contributed by atoms with Gasteiger partial charge in [-0.05, 0) is 32.0 Å². The molecule has 0 unspecified atom stereocenters. The average molecular weight is 467 g/mol. The summed E-state index contributed by atoms with van der Waals surface area (Å²) in [5.74, 6) is 1.03. The first-order valence-corrected chi connectivity index (χ1v) is 9.77. The number of alkyl halides is 3. The Morgan fingerprint density at radius 1 is 1.09 bits per heavy atom. The molecule has 2 aromatic heterocycles. The molecule has 2 N–H and O–H groups in total. The fourth-order valence-electron chi connectivity index (χ4n) is 2.85. The second kappa shape index (κ2) is 9.63. The highest BCUT2D eigenvalue weighted by Gasteiger charge is 2.28. The molecule has 0 radical (unpaired) electrons. The lowest BCUT2D eigenvalue weighted by molar-refractivity contribution is -0.176. The van der Waals surface area contributed by atoms with Gasteiger partial charge in [0.25, 0.3) is 0 Å². The van der Waals surface area contributed by atoms with Gasteiger partial charge in [-0.1, -0.05) is 0 Å². The van der Waals surface area contributed by atoms with Crippen molar-refractivity contribution in [3.63, 3.8) is 0 Å². The van der Waals surface area contributed by atoms with Crippen molar-refractivity contribution in [3.05, 3.63) is 48.2 Å². The van der Waals surface area contributed by atoms with Gasteiger partial charge < -0.3 is 24.6 Å². The predicted molar refractivity (Wildman–Crippen MR) is 113 cm³/mol. The zero-order valence-electron chi connectivity index (χ0n) is 18.5. The van der Waals surface area contributed by atoms with Crippen molar-refractivity contribution in [2.45, 2.75) is 32.2 Å². The van der Waals surface area contributed by atoms with Gasteiger partial charge in [0.2, 0.25) is 11.8 Å². The Morgan fingerprint density at radius 3 is 2.45 bits per heavy atom. The number of aromatic nitrogens is 4. The van der Waals surface area contributed by atoms with Crippen LogP contribution in [0.4, 0.5) is 24.8 Å². The molecular formula is C21H24F3N5O4. The number of nitrogens with one attached hydrogen (secondary N) is 1. The zero-order valence-corrected chi connectivity index (χ0v) is 18.5. The van der Waals surface area contributed by atoms with Crippen LogP contribution in [-0.2, 0) is 16.9 Å². The third kappa shape index (κ3) is 6.56. The number of hydrogen-bond acceptors (Lipinski definition) is 8. The summed E-state index contributed by atoms with van der Waals surface area (Å²) in [7, 11) is 3.03. The Labute approximate surface area is 188 Å². The number of benzene rings is 1. The molecule has 0 saturated heterocycles. The van der Waals surface area contributed by atoms with Crippen LogP contribution in [0.2, 0.25) is 0 Å². The van der Waals surface area contributed by atoms with Crippen molar-refractivity contribution in [1.29, 1.82) is 0 Å². The molecule has 2 heterocycles. The van der Waals surface area contributed by atoms with Crippen molar-refractivity contribution in [1.82, 2.24) is 19.5 Å². The van der Waals surface area contributed by atoms with Gasteiger partial charge in [0.1, 0.15) is 24.3 Å². The number of rotatable bonds is 9. The molecule has 0 aliphatic rings. The molecule has 0 spiro atoms. The minimum absolute atomic E-state index is 0.0827. The second-order valence-corrected chi connectivity index (χ2v) is 7.57. The van der Waals surface area contributed by atoms with E-state index in [1.807, 2.05) is 0 Å². The van der Waals surface area contributed by atoms with Crippen molar-refractivity contribution >= 4 is 11.6 Å². The Morgan fingerprint density at radius 2 is 1.85 bits per heavy atom. The largest absolute Gasteiger partial charge is 0.494 e. The summed E-state index contributed by atoms with van der Waals surface area (Å²) in [6, 6.07) is 6.61. The van der Waals surface area contributed by atoms with E-state index in [0.29, 0.717) is 23.0 Å². The summed E-state index contributed by atoms with van der Waals surface area (Å²) in [5.41, 5.74) is 0.312. The maximum atomic E-state index is 12.4. The Kier molecular flexibility index (Phi) is 7.08. The molecule has 0 aliphatic carbocycles. The first-order chi connectivity index (χ1) is 15.5. The topological polar surface area (TPSA) is 104 Å². The van der Waals surface area contributed by atoms with Crippen molar-refractivity contribution in [2.75, 3.05) is 26.1 Å². The van der Waals surface area contributed by atoms with E-state index in [-0.39, 0.29) is 17.3 Å². The predicted octanol–water partition coefficient (Wildman–Crippen LogP) is 3.73. The molecule has 12 heteroatoms. The van der Waals surface area contributed by atoms with E-state index in [2.05, 4.69) is 20.3 Å². The van der Waals surface area contributed by atoms with Crippen LogP contribution < -0.4 is 14.8 Å². The summed E-state index contributed by atoms with van der Waals surface area (Å²) in [4.78, 5) is 12.6. The lowest BCUT2D eigenvalue weighted by Crippen LogP contribution is -2.20. The molecule has 0 amide bonds. The average Bonchev–Trinajstić information content (AvgIpc) is 3.21. The van der Waals surface area contributed by atoms with Crippen LogP contribution >= 0.6 is 0 Å². The monoisotopic (exact) mass is 467 g/mol. The van der Waals surface area contributed by atoms with Gasteiger partial charge in [0.05, 0.1) is 44.1 Å². The lowest BCUT2D eigenvalue weighted by Gasteiger charge is -2.19. The van der Waals surface area contributed by atoms with E-state index < -0.39 is 25.0 Å². The van der Waals surface area contributed by atoms with Crippen LogP contribution in [0.25, 0.3) is 5.69 Å². The van der Waals surface area contributed by atoms with E-state index in [9.17, 15) is 18.3 Å². The summed E-state index contributed by atoms with van der Waals surface area (Å²) < 4.78 is 54.2. The molecule has 33 heavy (non-hydrogen) atoms. The first kappa shape index (κ1) is 24.3.